The minimum Gasteiger partial charge on any atom is -0.386 e. The number of methoxy groups -OCH3 is 1. The zero-order valence-corrected chi connectivity index (χ0v) is 12.6. The molecule has 2 rings (SSSR count). The van der Waals surface area contributed by atoms with Crippen molar-refractivity contribution in [2.75, 3.05) is 7.11 Å². The van der Waals surface area contributed by atoms with Gasteiger partial charge in [0.15, 0.2) is 0 Å². The van der Waals surface area contributed by atoms with Crippen LogP contribution in [0.25, 0.3) is 0 Å². The van der Waals surface area contributed by atoms with E-state index in [1.54, 1.807) is 13.8 Å². The molecule has 1 unspecified atom stereocenters. The molecule has 0 fully saturated rings. The number of nitriles is 1. The Morgan fingerprint density at radius 3 is 2.77 bits per heavy atom. The molecule has 0 saturated heterocycles. The van der Waals surface area contributed by atoms with Gasteiger partial charge in [0.05, 0.1) is 12.2 Å². The summed E-state index contributed by atoms with van der Waals surface area (Å²) in [7, 11) is 1.47. The molecular formula is C15H17FN4O2. The molecule has 0 saturated carbocycles. The van der Waals surface area contributed by atoms with Crippen LogP contribution in [-0.2, 0) is 10.3 Å². The van der Waals surface area contributed by atoms with Gasteiger partial charge < -0.3 is 10.5 Å². The Morgan fingerprint density at radius 2 is 2.23 bits per heavy atom. The van der Waals surface area contributed by atoms with E-state index >= 15 is 0 Å². The van der Waals surface area contributed by atoms with Crippen LogP contribution in [0, 0.1) is 27.5 Å². The number of nitrogens with two attached hydrogens (primary N) is 1. The van der Waals surface area contributed by atoms with Gasteiger partial charge in [-0.1, -0.05) is 0 Å². The van der Waals surface area contributed by atoms with Crippen LogP contribution in [-0.4, -0.2) is 19.0 Å². The molecule has 1 aromatic rings. The molecule has 3 atom stereocenters. The maximum atomic E-state index is 14.3. The summed E-state index contributed by atoms with van der Waals surface area (Å²) >= 11 is 0. The van der Waals surface area contributed by atoms with Gasteiger partial charge in [0.2, 0.25) is 0 Å². The number of nitrogens with zero attached hydrogens (tertiary/aromatic N) is 3. The average molecular weight is 304 g/mol. The van der Waals surface area contributed by atoms with Crippen molar-refractivity contribution in [3.05, 3.63) is 34.5 Å². The smallest absolute Gasteiger partial charge is 0.129 e. The normalized spacial score (nSPS) is 31.2. The van der Waals surface area contributed by atoms with E-state index in [1.807, 2.05) is 0 Å². The average Bonchev–Trinajstić information content (AvgIpc) is 2.51. The van der Waals surface area contributed by atoms with Gasteiger partial charge in [0, 0.05) is 19.1 Å². The number of amidine groups is 1. The van der Waals surface area contributed by atoms with Crippen molar-refractivity contribution in [3.8, 4) is 6.07 Å². The monoisotopic (exact) mass is 304 g/mol. The minimum absolute atomic E-state index is 0.0925. The number of halogens is 1. The summed E-state index contributed by atoms with van der Waals surface area (Å²) in [4.78, 5) is 15.1. The van der Waals surface area contributed by atoms with Crippen molar-refractivity contribution >= 4 is 11.5 Å². The second-order valence-electron chi connectivity index (χ2n) is 5.77. The molecule has 22 heavy (non-hydrogen) atoms. The standard InChI is InChI=1S/C15H17FN4O2/c1-14(8-17)7-12(22-3)15(2,19-13(14)18)10-6-9(20-21)4-5-11(10)16/h4-6,12H,7H2,1-3H3,(H2,18,19)/t12-,14?,15+/m0/s1. The molecule has 2 N–H and O–H groups in total. The van der Waals surface area contributed by atoms with Crippen LogP contribution in [0.2, 0.25) is 0 Å². The molecule has 7 heteroatoms. The Hall–Kier alpha value is -2.33. The summed E-state index contributed by atoms with van der Waals surface area (Å²) in [5, 5.41) is 12.1. The van der Waals surface area contributed by atoms with Crippen molar-refractivity contribution in [2.45, 2.75) is 31.9 Å². The molecule has 0 aliphatic carbocycles. The van der Waals surface area contributed by atoms with Crippen LogP contribution in [0.4, 0.5) is 10.1 Å². The third kappa shape index (κ3) is 2.35. The van der Waals surface area contributed by atoms with Gasteiger partial charge in [0.25, 0.3) is 0 Å². The van der Waals surface area contributed by atoms with E-state index in [2.05, 4.69) is 16.2 Å². The van der Waals surface area contributed by atoms with E-state index in [4.69, 9.17) is 10.5 Å². The molecule has 1 aromatic carbocycles. The number of aliphatic imine (C=N–C) groups is 1. The van der Waals surface area contributed by atoms with Crippen molar-refractivity contribution < 1.29 is 9.13 Å². The second-order valence-corrected chi connectivity index (χ2v) is 5.77. The summed E-state index contributed by atoms with van der Waals surface area (Å²) in [6, 6.07) is 5.90. The van der Waals surface area contributed by atoms with Crippen LogP contribution in [0.3, 0.4) is 0 Å². The maximum absolute atomic E-state index is 14.3. The molecule has 0 bridgehead atoms. The zero-order chi connectivity index (χ0) is 16.5. The predicted molar refractivity (Wildman–Crippen MR) is 80.0 cm³/mol. The molecule has 0 radical (unpaired) electrons. The molecule has 0 amide bonds. The Kier molecular flexibility index (Phi) is 3.98. The van der Waals surface area contributed by atoms with E-state index in [-0.39, 0.29) is 23.5 Å². The highest BCUT2D eigenvalue weighted by molar-refractivity contribution is 5.90. The number of nitroso groups, excluding NO2 is 1. The highest BCUT2D eigenvalue weighted by Crippen LogP contribution is 2.43. The highest BCUT2D eigenvalue weighted by Gasteiger charge is 2.48. The topological polar surface area (TPSA) is 101 Å². The summed E-state index contributed by atoms with van der Waals surface area (Å²) in [6.45, 7) is 3.33. The molecule has 0 spiro atoms. The lowest BCUT2D eigenvalue weighted by atomic mass is 9.73. The van der Waals surface area contributed by atoms with Crippen LogP contribution in [0.15, 0.2) is 28.4 Å². The zero-order valence-electron chi connectivity index (χ0n) is 12.6. The fourth-order valence-electron chi connectivity index (χ4n) is 2.73. The fraction of sp³-hybridized carbons (Fsp3) is 0.467. The lowest BCUT2D eigenvalue weighted by molar-refractivity contribution is 0.0141. The second kappa shape index (κ2) is 5.46. The minimum atomic E-state index is -1.14. The van der Waals surface area contributed by atoms with Crippen LogP contribution in [0.1, 0.15) is 25.8 Å². The van der Waals surface area contributed by atoms with Crippen molar-refractivity contribution in [1.82, 2.24) is 0 Å². The number of hydrogen-bond acceptors (Lipinski definition) is 6. The van der Waals surface area contributed by atoms with E-state index in [9.17, 15) is 14.6 Å². The van der Waals surface area contributed by atoms with Crippen molar-refractivity contribution in [2.24, 2.45) is 21.3 Å². The first-order chi connectivity index (χ1) is 10.3. The lowest BCUT2D eigenvalue weighted by Crippen LogP contribution is -2.51. The molecule has 116 valence electrons. The van der Waals surface area contributed by atoms with Gasteiger partial charge >= 0.3 is 0 Å². The van der Waals surface area contributed by atoms with Gasteiger partial charge in [-0.25, -0.2) is 4.39 Å². The number of ether oxygens (including phenoxy) is 1. The van der Waals surface area contributed by atoms with E-state index in [0.717, 1.165) is 6.07 Å². The number of benzene rings is 1. The van der Waals surface area contributed by atoms with Crippen LogP contribution in [0.5, 0.6) is 0 Å². The Morgan fingerprint density at radius 1 is 1.55 bits per heavy atom. The Labute approximate surface area is 127 Å². The third-order valence-corrected chi connectivity index (χ3v) is 4.27. The van der Waals surface area contributed by atoms with E-state index in [0.29, 0.717) is 0 Å². The lowest BCUT2D eigenvalue weighted by Gasteiger charge is -2.42. The van der Waals surface area contributed by atoms with Crippen LogP contribution < -0.4 is 5.73 Å². The number of rotatable bonds is 3. The Balaban J connectivity index is 2.66. The first kappa shape index (κ1) is 16.0. The Bertz CT molecular complexity index is 685. The number of hydrogen-bond donors (Lipinski definition) is 1. The van der Waals surface area contributed by atoms with Gasteiger partial charge in [0.1, 0.15) is 28.3 Å². The molecule has 1 heterocycles. The summed E-state index contributed by atoms with van der Waals surface area (Å²) in [5.74, 6) is -0.413. The summed E-state index contributed by atoms with van der Waals surface area (Å²) < 4.78 is 19.7. The van der Waals surface area contributed by atoms with E-state index < -0.39 is 22.9 Å². The first-order valence-electron chi connectivity index (χ1n) is 6.74. The quantitative estimate of drug-likeness (QED) is 0.867. The van der Waals surface area contributed by atoms with Gasteiger partial charge in [-0.15, -0.1) is 4.91 Å². The largest absolute Gasteiger partial charge is 0.386 e. The predicted octanol–water partition coefficient (Wildman–Crippen LogP) is 2.74. The van der Waals surface area contributed by atoms with Gasteiger partial charge in [-0.2, -0.15) is 5.26 Å². The maximum Gasteiger partial charge on any atom is 0.129 e. The van der Waals surface area contributed by atoms with E-state index in [1.165, 1.54) is 19.2 Å². The SMILES string of the molecule is CO[C@H]1CC(C)(C#N)C(N)=N[C@]1(C)c1cc(N=O)ccc1F. The highest BCUT2D eigenvalue weighted by atomic mass is 19.1. The molecular weight excluding hydrogens is 287 g/mol. The first-order valence-corrected chi connectivity index (χ1v) is 6.74. The van der Waals surface area contributed by atoms with Gasteiger partial charge in [-0.05, 0) is 37.2 Å². The van der Waals surface area contributed by atoms with Crippen LogP contribution >= 0.6 is 0 Å². The fourth-order valence-corrected chi connectivity index (χ4v) is 2.73. The molecule has 0 aromatic heterocycles. The summed E-state index contributed by atoms with van der Waals surface area (Å²) in [6.07, 6.45) is -0.301. The molecule has 1 aliphatic heterocycles. The molecule has 1 aliphatic rings. The third-order valence-electron chi connectivity index (χ3n) is 4.27. The van der Waals surface area contributed by atoms with Crippen molar-refractivity contribution in [3.63, 3.8) is 0 Å². The molecule has 6 nitrogen and oxygen atoms in total. The van der Waals surface area contributed by atoms with Gasteiger partial charge in [-0.3, -0.25) is 4.99 Å². The summed E-state index contributed by atoms with van der Waals surface area (Å²) in [5.41, 5.74) is 4.08. The van der Waals surface area contributed by atoms with Crippen molar-refractivity contribution in [1.29, 1.82) is 5.26 Å².